The van der Waals surface area contributed by atoms with Gasteiger partial charge < -0.3 is 4.42 Å². The Kier molecular flexibility index (Phi) is 4.54. The standard InChI is InChI=1S/C15H17Cl2NO/c1-9(2)6-13(16)12-7-14(19-10(12)3)11-4-5-15(17)18-8-11/h4-5,7-9,13H,6H2,1-3H3. The van der Waals surface area contributed by atoms with Crippen LogP contribution in [-0.2, 0) is 0 Å². The first-order chi connectivity index (χ1) is 8.97. The van der Waals surface area contributed by atoms with E-state index in [1.54, 1.807) is 12.3 Å². The minimum atomic E-state index is -0.0160. The number of hydrogen-bond donors (Lipinski definition) is 0. The van der Waals surface area contributed by atoms with Gasteiger partial charge in [-0.25, -0.2) is 4.98 Å². The zero-order valence-corrected chi connectivity index (χ0v) is 12.8. The van der Waals surface area contributed by atoms with Gasteiger partial charge in [0.15, 0.2) is 0 Å². The number of aromatic nitrogens is 1. The fourth-order valence-corrected chi connectivity index (χ4v) is 2.70. The summed E-state index contributed by atoms with van der Waals surface area (Å²) in [4.78, 5) is 4.06. The van der Waals surface area contributed by atoms with Crippen molar-refractivity contribution in [3.05, 3.63) is 40.9 Å². The first-order valence-corrected chi connectivity index (χ1v) is 7.15. The minimum absolute atomic E-state index is 0.0160. The highest BCUT2D eigenvalue weighted by atomic mass is 35.5. The van der Waals surface area contributed by atoms with Crippen molar-refractivity contribution in [3.8, 4) is 11.3 Å². The molecule has 0 saturated heterocycles. The van der Waals surface area contributed by atoms with Gasteiger partial charge in [-0.05, 0) is 37.5 Å². The van der Waals surface area contributed by atoms with E-state index in [9.17, 15) is 0 Å². The summed E-state index contributed by atoms with van der Waals surface area (Å²) in [6, 6.07) is 5.64. The maximum atomic E-state index is 6.44. The summed E-state index contributed by atoms with van der Waals surface area (Å²) < 4.78 is 5.78. The molecule has 0 aromatic carbocycles. The zero-order valence-electron chi connectivity index (χ0n) is 11.3. The molecule has 0 aliphatic rings. The van der Waals surface area contributed by atoms with E-state index in [0.29, 0.717) is 11.1 Å². The van der Waals surface area contributed by atoms with Gasteiger partial charge in [0.25, 0.3) is 0 Å². The van der Waals surface area contributed by atoms with Crippen molar-refractivity contribution in [2.45, 2.75) is 32.6 Å². The lowest BCUT2D eigenvalue weighted by Crippen LogP contribution is -1.96. The summed E-state index contributed by atoms with van der Waals surface area (Å²) in [5, 5.41) is 0.458. The molecule has 0 aliphatic carbocycles. The van der Waals surface area contributed by atoms with Crippen LogP contribution in [0.3, 0.4) is 0 Å². The first kappa shape index (κ1) is 14.4. The zero-order chi connectivity index (χ0) is 14.0. The quantitative estimate of drug-likeness (QED) is 0.540. The minimum Gasteiger partial charge on any atom is -0.461 e. The molecule has 1 atom stereocenters. The van der Waals surface area contributed by atoms with Gasteiger partial charge in [-0.2, -0.15) is 0 Å². The van der Waals surface area contributed by atoms with Gasteiger partial charge in [-0.1, -0.05) is 25.4 Å². The van der Waals surface area contributed by atoms with E-state index in [4.69, 9.17) is 27.6 Å². The monoisotopic (exact) mass is 297 g/mol. The van der Waals surface area contributed by atoms with Crippen LogP contribution in [0, 0.1) is 12.8 Å². The molecular weight excluding hydrogens is 281 g/mol. The lowest BCUT2D eigenvalue weighted by Gasteiger charge is -2.10. The van der Waals surface area contributed by atoms with E-state index in [-0.39, 0.29) is 5.38 Å². The Morgan fingerprint density at radius 3 is 2.63 bits per heavy atom. The molecule has 2 heterocycles. The number of hydrogen-bond acceptors (Lipinski definition) is 2. The first-order valence-electron chi connectivity index (χ1n) is 6.33. The van der Waals surface area contributed by atoms with Gasteiger partial charge in [0, 0.05) is 17.3 Å². The second-order valence-corrected chi connectivity index (χ2v) is 6.00. The molecule has 0 N–H and O–H groups in total. The molecule has 0 amide bonds. The SMILES string of the molecule is Cc1oc(-c2ccc(Cl)nc2)cc1C(Cl)CC(C)C. The average molecular weight is 298 g/mol. The molecule has 0 saturated carbocycles. The van der Waals surface area contributed by atoms with Crippen molar-refractivity contribution in [3.63, 3.8) is 0 Å². The van der Waals surface area contributed by atoms with Crippen LogP contribution in [0.25, 0.3) is 11.3 Å². The molecule has 2 aromatic heterocycles. The largest absolute Gasteiger partial charge is 0.461 e. The third kappa shape index (κ3) is 3.52. The van der Waals surface area contributed by atoms with Crippen LogP contribution in [0.15, 0.2) is 28.8 Å². The number of furan rings is 1. The molecule has 2 rings (SSSR count). The Bertz CT molecular complexity index is 546. The van der Waals surface area contributed by atoms with Crippen LogP contribution in [0.5, 0.6) is 0 Å². The number of pyridine rings is 1. The van der Waals surface area contributed by atoms with Crippen molar-refractivity contribution in [2.24, 2.45) is 5.92 Å². The predicted octanol–water partition coefficient (Wildman–Crippen LogP) is 5.63. The average Bonchev–Trinajstić information content (AvgIpc) is 2.71. The topological polar surface area (TPSA) is 26.0 Å². The lowest BCUT2D eigenvalue weighted by atomic mass is 10.0. The van der Waals surface area contributed by atoms with Gasteiger partial charge in [-0.3, -0.25) is 0 Å². The fraction of sp³-hybridized carbons (Fsp3) is 0.400. The Labute approximate surface area is 123 Å². The smallest absolute Gasteiger partial charge is 0.136 e. The summed E-state index contributed by atoms with van der Waals surface area (Å²) in [6.45, 7) is 6.27. The van der Waals surface area contributed by atoms with E-state index in [2.05, 4.69) is 18.8 Å². The van der Waals surface area contributed by atoms with E-state index in [1.165, 1.54) is 0 Å². The molecule has 2 nitrogen and oxygen atoms in total. The molecule has 102 valence electrons. The van der Waals surface area contributed by atoms with Crippen LogP contribution in [0.2, 0.25) is 5.15 Å². The molecule has 0 aliphatic heterocycles. The second-order valence-electron chi connectivity index (χ2n) is 5.09. The molecule has 1 unspecified atom stereocenters. The molecule has 2 aromatic rings. The highest BCUT2D eigenvalue weighted by Gasteiger charge is 2.17. The van der Waals surface area contributed by atoms with Gasteiger partial charge in [0.05, 0.1) is 5.38 Å². The number of halogens is 2. The molecule has 0 bridgehead atoms. The third-order valence-corrected chi connectivity index (χ3v) is 3.62. The van der Waals surface area contributed by atoms with Crippen LogP contribution >= 0.6 is 23.2 Å². The third-order valence-electron chi connectivity index (χ3n) is 2.98. The van der Waals surface area contributed by atoms with Gasteiger partial charge in [0.1, 0.15) is 16.7 Å². The molecule has 19 heavy (non-hydrogen) atoms. The second kappa shape index (κ2) is 5.98. The highest BCUT2D eigenvalue weighted by molar-refractivity contribution is 6.29. The van der Waals surface area contributed by atoms with Gasteiger partial charge in [-0.15, -0.1) is 11.6 Å². The van der Waals surface area contributed by atoms with E-state index in [1.807, 2.05) is 19.1 Å². The molecule has 4 heteroatoms. The van der Waals surface area contributed by atoms with E-state index < -0.39 is 0 Å². The fourth-order valence-electron chi connectivity index (χ4n) is 2.01. The number of nitrogens with zero attached hydrogens (tertiary/aromatic N) is 1. The predicted molar refractivity (Wildman–Crippen MR) is 79.7 cm³/mol. The summed E-state index contributed by atoms with van der Waals surface area (Å²) in [5.41, 5.74) is 1.97. The van der Waals surface area contributed by atoms with Crippen molar-refractivity contribution in [1.82, 2.24) is 4.98 Å². The van der Waals surface area contributed by atoms with Crippen LogP contribution in [0.4, 0.5) is 0 Å². The van der Waals surface area contributed by atoms with Crippen molar-refractivity contribution >= 4 is 23.2 Å². The van der Waals surface area contributed by atoms with E-state index in [0.717, 1.165) is 29.1 Å². The van der Waals surface area contributed by atoms with Gasteiger partial charge in [0.2, 0.25) is 0 Å². The van der Waals surface area contributed by atoms with E-state index >= 15 is 0 Å². The van der Waals surface area contributed by atoms with Crippen LogP contribution in [-0.4, -0.2) is 4.98 Å². The highest BCUT2D eigenvalue weighted by Crippen LogP contribution is 2.35. The summed E-state index contributed by atoms with van der Waals surface area (Å²) >= 11 is 12.2. The number of rotatable bonds is 4. The summed E-state index contributed by atoms with van der Waals surface area (Å²) in [5.74, 6) is 2.20. The van der Waals surface area contributed by atoms with Crippen molar-refractivity contribution < 1.29 is 4.42 Å². The van der Waals surface area contributed by atoms with Crippen LogP contribution < -0.4 is 0 Å². The Balaban J connectivity index is 2.28. The van der Waals surface area contributed by atoms with Crippen molar-refractivity contribution in [2.75, 3.05) is 0 Å². The lowest BCUT2D eigenvalue weighted by molar-refractivity contribution is 0.530. The molecule has 0 spiro atoms. The van der Waals surface area contributed by atoms with Gasteiger partial charge >= 0.3 is 0 Å². The Morgan fingerprint density at radius 1 is 1.32 bits per heavy atom. The van der Waals surface area contributed by atoms with Crippen molar-refractivity contribution in [1.29, 1.82) is 0 Å². The Hall–Kier alpha value is -0.990. The maximum absolute atomic E-state index is 6.44. The Morgan fingerprint density at radius 2 is 2.05 bits per heavy atom. The molecule has 0 radical (unpaired) electrons. The number of aryl methyl sites for hydroxylation is 1. The summed E-state index contributed by atoms with van der Waals surface area (Å²) in [7, 11) is 0. The summed E-state index contributed by atoms with van der Waals surface area (Å²) in [6.07, 6.45) is 2.64. The molecular formula is C15H17Cl2NO. The normalized spacial score (nSPS) is 12.9. The molecule has 0 fully saturated rings. The number of alkyl halides is 1. The maximum Gasteiger partial charge on any atom is 0.136 e. The van der Waals surface area contributed by atoms with Crippen LogP contribution in [0.1, 0.15) is 37.0 Å².